The number of rotatable bonds is 3. The Bertz CT molecular complexity index is 647. The number of nitriles is 1. The van der Waals surface area contributed by atoms with Crippen LogP contribution in [0.1, 0.15) is 16.7 Å². The second-order valence-corrected chi connectivity index (χ2v) is 4.24. The summed E-state index contributed by atoms with van der Waals surface area (Å²) in [5.74, 6) is 0.167. The third-order valence-electron chi connectivity index (χ3n) is 2.78. The fraction of sp³-hybridized carbons (Fsp3) is 0.133. The molecule has 2 rings (SSSR count). The Hall–Kier alpha value is -2.54. The van der Waals surface area contributed by atoms with Crippen LogP contribution < -0.4 is 10.5 Å². The van der Waals surface area contributed by atoms with Crippen LogP contribution in [0.5, 0.6) is 5.75 Å². The van der Waals surface area contributed by atoms with E-state index in [9.17, 15) is 4.39 Å². The van der Waals surface area contributed by atoms with Gasteiger partial charge in [-0.1, -0.05) is 12.1 Å². The zero-order valence-corrected chi connectivity index (χ0v) is 10.5. The molecular formula is C15H13FN2O. The Morgan fingerprint density at radius 2 is 2.05 bits per heavy atom. The summed E-state index contributed by atoms with van der Waals surface area (Å²) >= 11 is 0. The molecule has 0 fully saturated rings. The van der Waals surface area contributed by atoms with E-state index in [1.807, 2.05) is 13.0 Å². The first-order valence-corrected chi connectivity index (χ1v) is 5.77. The zero-order valence-electron chi connectivity index (χ0n) is 10.5. The molecule has 0 saturated heterocycles. The number of ether oxygens (including phenoxy) is 1. The molecule has 4 heteroatoms. The maximum absolute atomic E-state index is 13.3. The van der Waals surface area contributed by atoms with Crippen molar-refractivity contribution in [1.29, 1.82) is 5.26 Å². The van der Waals surface area contributed by atoms with Gasteiger partial charge in [-0.2, -0.15) is 5.26 Å². The lowest BCUT2D eigenvalue weighted by atomic mass is 10.1. The van der Waals surface area contributed by atoms with E-state index in [0.717, 1.165) is 5.56 Å². The van der Waals surface area contributed by atoms with Crippen molar-refractivity contribution < 1.29 is 9.13 Å². The van der Waals surface area contributed by atoms with E-state index < -0.39 is 5.82 Å². The number of nitrogens with zero attached hydrogens (tertiary/aromatic N) is 1. The van der Waals surface area contributed by atoms with Crippen LogP contribution in [0, 0.1) is 24.1 Å². The molecule has 0 spiro atoms. The summed E-state index contributed by atoms with van der Waals surface area (Å²) in [6.07, 6.45) is 0. The summed E-state index contributed by atoms with van der Waals surface area (Å²) in [6, 6.07) is 11.8. The average molecular weight is 256 g/mol. The second kappa shape index (κ2) is 5.40. The van der Waals surface area contributed by atoms with Crippen LogP contribution >= 0.6 is 0 Å². The normalized spacial score (nSPS) is 9.95. The Kier molecular flexibility index (Phi) is 3.67. The molecule has 0 aromatic heterocycles. The molecule has 19 heavy (non-hydrogen) atoms. The number of anilines is 1. The fourth-order valence-corrected chi connectivity index (χ4v) is 1.65. The number of nitrogens with two attached hydrogens (primary N) is 1. The van der Waals surface area contributed by atoms with Crippen LogP contribution in [-0.2, 0) is 6.61 Å². The first kappa shape index (κ1) is 12.9. The van der Waals surface area contributed by atoms with Crippen molar-refractivity contribution in [2.24, 2.45) is 0 Å². The second-order valence-electron chi connectivity index (χ2n) is 4.24. The summed E-state index contributed by atoms with van der Waals surface area (Å²) < 4.78 is 18.9. The first-order chi connectivity index (χ1) is 9.10. The van der Waals surface area contributed by atoms with Crippen molar-refractivity contribution in [1.82, 2.24) is 0 Å². The Labute approximate surface area is 111 Å². The van der Waals surface area contributed by atoms with Gasteiger partial charge >= 0.3 is 0 Å². The van der Waals surface area contributed by atoms with Crippen molar-refractivity contribution in [2.75, 3.05) is 5.73 Å². The highest BCUT2D eigenvalue weighted by Crippen LogP contribution is 2.21. The molecule has 0 aliphatic carbocycles. The standard InChI is InChI=1S/C15H13FN2O/c1-10-2-3-11(8-17)7-15(10)19-9-12-4-5-14(18)13(16)6-12/h2-7H,9,18H2,1H3. The van der Waals surface area contributed by atoms with Gasteiger partial charge in [-0.15, -0.1) is 0 Å². The van der Waals surface area contributed by atoms with E-state index >= 15 is 0 Å². The predicted octanol–water partition coefficient (Wildman–Crippen LogP) is 3.17. The maximum Gasteiger partial charge on any atom is 0.146 e. The molecule has 3 nitrogen and oxygen atoms in total. The van der Waals surface area contributed by atoms with Gasteiger partial charge in [-0.05, 0) is 42.3 Å². The number of hydrogen-bond donors (Lipinski definition) is 1. The smallest absolute Gasteiger partial charge is 0.146 e. The molecule has 0 heterocycles. The average Bonchev–Trinajstić information content (AvgIpc) is 2.41. The number of hydrogen-bond acceptors (Lipinski definition) is 3. The molecule has 0 radical (unpaired) electrons. The topological polar surface area (TPSA) is 59.0 Å². The quantitative estimate of drug-likeness (QED) is 0.858. The van der Waals surface area contributed by atoms with E-state index in [0.29, 0.717) is 16.9 Å². The van der Waals surface area contributed by atoms with E-state index in [2.05, 4.69) is 6.07 Å². The Morgan fingerprint density at radius 1 is 1.26 bits per heavy atom. The molecule has 2 aromatic carbocycles. The van der Waals surface area contributed by atoms with Crippen LogP contribution in [0.2, 0.25) is 0 Å². The number of aryl methyl sites for hydroxylation is 1. The first-order valence-electron chi connectivity index (χ1n) is 5.77. The van der Waals surface area contributed by atoms with E-state index in [4.69, 9.17) is 15.7 Å². The predicted molar refractivity (Wildman–Crippen MR) is 71.0 cm³/mol. The van der Waals surface area contributed by atoms with Crippen LogP contribution in [0.3, 0.4) is 0 Å². The SMILES string of the molecule is Cc1ccc(C#N)cc1OCc1ccc(N)c(F)c1. The van der Waals surface area contributed by atoms with Gasteiger partial charge in [0.1, 0.15) is 18.2 Å². The van der Waals surface area contributed by atoms with Gasteiger partial charge < -0.3 is 10.5 Å². The van der Waals surface area contributed by atoms with Crippen LogP contribution in [0.25, 0.3) is 0 Å². The highest BCUT2D eigenvalue weighted by Gasteiger charge is 2.04. The molecule has 2 N–H and O–H groups in total. The third kappa shape index (κ3) is 3.02. The molecule has 0 aliphatic heterocycles. The number of halogens is 1. The number of nitrogen functional groups attached to an aromatic ring is 1. The molecule has 0 saturated carbocycles. The van der Waals surface area contributed by atoms with Gasteiger partial charge in [-0.25, -0.2) is 4.39 Å². The van der Waals surface area contributed by atoms with Crippen LogP contribution in [0.4, 0.5) is 10.1 Å². The van der Waals surface area contributed by atoms with Gasteiger partial charge in [-0.3, -0.25) is 0 Å². The summed E-state index contributed by atoms with van der Waals surface area (Å²) in [6.45, 7) is 2.12. The van der Waals surface area contributed by atoms with E-state index in [-0.39, 0.29) is 12.3 Å². The minimum Gasteiger partial charge on any atom is -0.489 e. The summed E-state index contributed by atoms with van der Waals surface area (Å²) in [7, 11) is 0. The van der Waals surface area contributed by atoms with Crippen molar-refractivity contribution in [3.8, 4) is 11.8 Å². The lowest BCUT2D eigenvalue weighted by molar-refractivity contribution is 0.303. The molecule has 2 aromatic rings. The van der Waals surface area contributed by atoms with Crippen molar-refractivity contribution in [3.63, 3.8) is 0 Å². The monoisotopic (exact) mass is 256 g/mol. The van der Waals surface area contributed by atoms with Gasteiger partial charge in [0.05, 0.1) is 17.3 Å². The molecule has 0 aliphatic rings. The highest BCUT2D eigenvalue weighted by molar-refractivity contribution is 5.43. The van der Waals surface area contributed by atoms with Crippen LogP contribution in [-0.4, -0.2) is 0 Å². The van der Waals surface area contributed by atoms with Gasteiger partial charge in [0.2, 0.25) is 0 Å². The van der Waals surface area contributed by atoms with Crippen molar-refractivity contribution >= 4 is 5.69 Å². The van der Waals surface area contributed by atoms with Crippen molar-refractivity contribution in [3.05, 3.63) is 58.9 Å². The molecule has 0 amide bonds. The van der Waals surface area contributed by atoms with E-state index in [1.54, 1.807) is 18.2 Å². The summed E-state index contributed by atoms with van der Waals surface area (Å²) in [5, 5.41) is 8.84. The maximum atomic E-state index is 13.3. The number of benzene rings is 2. The minimum atomic E-state index is -0.455. The Balaban J connectivity index is 2.14. The van der Waals surface area contributed by atoms with Gasteiger partial charge in [0.15, 0.2) is 0 Å². The minimum absolute atomic E-state index is 0.117. The molecule has 96 valence electrons. The molecule has 0 atom stereocenters. The largest absolute Gasteiger partial charge is 0.489 e. The lowest BCUT2D eigenvalue weighted by Gasteiger charge is -2.10. The summed E-state index contributed by atoms with van der Waals surface area (Å²) in [5.41, 5.74) is 7.67. The molecule has 0 bridgehead atoms. The van der Waals surface area contributed by atoms with Gasteiger partial charge in [0, 0.05) is 0 Å². The van der Waals surface area contributed by atoms with E-state index in [1.165, 1.54) is 12.1 Å². The third-order valence-corrected chi connectivity index (χ3v) is 2.78. The molecular weight excluding hydrogens is 243 g/mol. The fourth-order valence-electron chi connectivity index (χ4n) is 1.65. The van der Waals surface area contributed by atoms with Gasteiger partial charge in [0.25, 0.3) is 0 Å². The highest BCUT2D eigenvalue weighted by atomic mass is 19.1. The van der Waals surface area contributed by atoms with Crippen LogP contribution in [0.15, 0.2) is 36.4 Å². The molecule has 0 unspecified atom stereocenters. The Morgan fingerprint density at radius 3 is 2.74 bits per heavy atom. The van der Waals surface area contributed by atoms with Crippen molar-refractivity contribution in [2.45, 2.75) is 13.5 Å². The lowest BCUT2D eigenvalue weighted by Crippen LogP contribution is -1.99. The summed E-state index contributed by atoms with van der Waals surface area (Å²) in [4.78, 5) is 0. The zero-order chi connectivity index (χ0) is 13.8.